The topological polar surface area (TPSA) is 91.9 Å². The number of amides is 1. The smallest absolute Gasteiger partial charge is 0.242 e. The third-order valence-corrected chi connectivity index (χ3v) is 5.33. The summed E-state index contributed by atoms with van der Waals surface area (Å²) in [7, 11) is -3.42. The first kappa shape index (κ1) is 16.2. The number of rotatable bonds is 4. The molecule has 1 heterocycles. The number of H-pyrrole nitrogens is 1. The van der Waals surface area contributed by atoms with E-state index in [0.717, 1.165) is 28.7 Å². The van der Waals surface area contributed by atoms with Gasteiger partial charge in [0.1, 0.15) is 11.1 Å². The van der Waals surface area contributed by atoms with Crippen molar-refractivity contribution in [2.75, 3.05) is 11.6 Å². The number of hydrogen-bond acceptors (Lipinski definition) is 4. The number of carbonyl (C=O) groups is 1. The maximum absolute atomic E-state index is 11.9. The lowest BCUT2D eigenvalue weighted by Crippen LogP contribution is -2.31. The molecule has 0 radical (unpaired) electrons. The fourth-order valence-electron chi connectivity index (χ4n) is 2.24. The standard InChI is InChI=1S/C17H17N3O3S/c1-11(24(2,22)23)17(21)18-13-9-7-12(8-10-13)16-19-14-5-3-4-6-15(14)20-16/h3-11H,1-2H3,(H,18,21)(H,19,20)/t11-/m0/s1. The lowest BCUT2D eigenvalue weighted by atomic mass is 10.2. The van der Waals surface area contributed by atoms with Crippen molar-refractivity contribution in [3.63, 3.8) is 0 Å². The summed E-state index contributed by atoms with van der Waals surface area (Å²) in [6.45, 7) is 1.37. The molecule has 3 aromatic rings. The van der Waals surface area contributed by atoms with Gasteiger partial charge in [-0.05, 0) is 43.3 Å². The molecule has 1 amide bonds. The SMILES string of the molecule is C[C@@H](C(=O)Nc1ccc(-c2nc3ccccc3[nH]2)cc1)S(C)(=O)=O. The van der Waals surface area contributed by atoms with Crippen LogP contribution < -0.4 is 5.32 Å². The van der Waals surface area contributed by atoms with Gasteiger partial charge < -0.3 is 10.3 Å². The van der Waals surface area contributed by atoms with E-state index in [2.05, 4.69) is 15.3 Å². The molecule has 7 heteroatoms. The highest BCUT2D eigenvalue weighted by molar-refractivity contribution is 7.92. The normalized spacial score (nSPS) is 12.9. The summed E-state index contributed by atoms with van der Waals surface area (Å²) < 4.78 is 22.8. The van der Waals surface area contributed by atoms with Crippen LogP contribution in [0.2, 0.25) is 0 Å². The zero-order chi connectivity index (χ0) is 17.3. The van der Waals surface area contributed by atoms with Crippen molar-refractivity contribution in [3.05, 3.63) is 48.5 Å². The van der Waals surface area contributed by atoms with Crippen LogP contribution in [0.1, 0.15) is 6.92 Å². The van der Waals surface area contributed by atoms with Crippen LogP contribution >= 0.6 is 0 Å². The third kappa shape index (κ3) is 3.30. The first-order chi connectivity index (χ1) is 11.3. The van der Waals surface area contributed by atoms with E-state index >= 15 is 0 Å². The number of para-hydroxylation sites is 2. The Morgan fingerprint density at radius 1 is 1.12 bits per heavy atom. The van der Waals surface area contributed by atoms with Crippen LogP contribution in [0.3, 0.4) is 0 Å². The van der Waals surface area contributed by atoms with Gasteiger partial charge in [0, 0.05) is 17.5 Å². The molecular formula is C17H17N3O3S. The largest absolute Gasteiger partial charge is 0.338 e. The summed E-state index contributed by atoms with van der Waals surface area (Å²) >= 11 is 0. The third-order valence-electron chi connectivity index (χ3n) is 3.83. The van der Waals surface area contributed by atoms with Gasteiger partial charge in [-0.15, -0.1) is 0 Å². The minimum atomic E-state index is -3.42. The number of hydrogen-bond donors (Lipinski definition) is 2. The van der Waals surface area contributed by atoms with Gasteiger partial charge in [-0.3, -0.25) is 4.79 Å². The predicted octanol–water partition coefficient (Wildman–Crippen LogP) is 2.60. The Labute approximate surface area is 139 Å². The molecule has 124 valence electrons. The second-order valence-electron chi connectivity index (χ2n) is 5.64. The number of carbonyl (C=O) groups excluding carboxylic acids is 1. The van der Waals surface area contributed by atoms with Gasteiger partial charge in [0.25, 0.3) is 0 Å². The van der Waals surface area contributed by atoms with Crippen LogP contribution in [0.5, 0.6) is 0 Å². The molecule has 24 heavy (non-hydrogen) atoms. The molecule has 0 unspecified atom stereocenters. The number of aromatic nitrogens is 2. The average molecular weight is 343 g/mol. The zero-order valence-corrected chi connectivity index (χ0v) is 14.1. The molecule has 0 saturated heterocycles. The molecule has 0 aliphatic carbocycles. The number of fused-ring (bicyclic) bond motifs is 1. The molecule has 0 aliphatic rings. The predicted molar refractivity (Wildman–Crippen MR) is 94.5 cm³/mol. The maximum Gasteiger partial charge on any atom is 0.242 e. The maximum atomic E-state index is 11.9. The summed E-state index contributed by atoms with van der Waals surface area (Å²) in [6.07, 6.45) is 1.04. The highest BCUT2D eigenvalue weighted by Gasteiger charge is 2.23. The number of aromatic amines is 1. The fraction of sp³-hybridized carbons (Fsp3) is 0.176. The van der Waals surface area contributed by atoms with E-state index in [0.29, 0.717) is 5.69 Å². The molecular weight excluding hydrogens is 326 g/mol. The summed E-state index contributed by atoms with van der Waals surface area (Å²) in [5.74, 6) is 0.188. The second-order valence-corrected chi connectivity index (χ2v) is 8.01. The summed E-state index contributed by atoms with van der Waals surface area (Å²) in [4.78, 5) is 19.7. The van der Waals surface area contributed by atoms with Crippen molar-refractivity contribution >= 4 is 32.5 Å². The van der Waals surface area contributed by atoms with Gasteiger partial charge in [-0.25, -0.2) is 13.4 Å². The molecule has 0 bridgehead atoms. The summed E-state index contributed by atoms with van der Waals surface area (Å²) in [5.41, 5.74) is 3.24. The zero-order valence-electron chi connectivity index (χ0n) is 13.3. The van der Waals surface area contributed by atoms with Crippen LogP contribution in [0.25, 0.3) is 22.4 Å². The van der Waals surface area contributed by atoms with Crippen molar-refractivity contribution in [3.8, 4) is 11.4 Å². The second kappa shape index (κ2) is 6.09. The monoisotopic (exact) mass is 343 g/mol. The van der Waals surface area contributed by atoms with Crippen LogP contribution in [-0.4, -0.2) is 35.8 Å². The number of nitrogens with one attached hydrogen (secondary N) is 2. The van der Waals surface area contributed by atoms with Gasteiger partial charge in [-0.1, -0.05) is 12.1 Å². The molecule has 0 fully saturated rings. The van der Waals surface area contributed by atoms with Gasteiger partial charge in [0.05, 0.1) is 11.0 Å². The Kier molecular flexibility index (Phi) is 4.11. The molecule has 1 atom stereocenters. The van der Waals surface area contributed by atoms with E-state index < -0.39 is 21.0 Å². The number of benzene rings is 2. The molecule has 0 spiro atoms. The lowest BCUT2D eigenvalue weighted by Gasteiger charge is -2.10. The quantitative estimate of drug-likeness (QED) is 0.761. The molecule has 2 N–H and O–H groups in total. The van der Waals surface area contributed by atoms with E-state index in [9.17, 15) is 13.2 Å². The molecule has 2 aromatic carbocycles. The fourth-order valence-corrected chi connectivity index (χ4v) is 2.69. The average Bonchev–Trinajstić information content (AvgIpc) is 2.98. The van der Waals surface area contributed by atoms with E-state index in [1.807, 2.05) is 36.4 Å². The van der Waals surface area contributed by atoms with Gasteiger partial charge in [0.2, 0.25) is 5.91 Å². The van der Waals surface area contributed by atoms with Gasteiger partial charge >= 0.3 is 0 Å². The Balaban J connectivity index is 1.79. The first-order valence-corrected chi connectivity index (χ1v) is 9.35. The van der Waals surface area contributed by atoms with Crippen LogP contribution in [0, 0.1) is 0 Å². The van der Waals surface area contributed by atoms with E-state index in [-0.39, 0.29) is 0 Å². The summed E-state index contributed by atoms with van der Waals surface area (Å²) in [5, 5.41) is 1.51. The Bertz CT molecular complexity index is 958. The summed E-state index contributed by atoms with van der Waals surface area (Å²) in [6, 6.07) is 14.8. The Hall–Kier alpha value is -2.67. The van der Waals surface area contributed by atoms with E-state index in [1.54, 1.807) is 12.1 Å². The lowest BCUT2D eigenvalue weighted by molar-refractivity contribution is -0.115. The molecule has 0 aliphatic heterocycles. The highest BCUT2D eigenvalue weighted by Crippen LogP contribution is 2.22. The highest BCUT2D eigenvalue weighted by atomic mass is 32.2. The Morgan fingerprint density at radius 3 is 2.42 bits per heavy atom. The Morgan fingerprint density at radius 2 is 1.79 bits per heavy atom. The van der Waals surface area contributed by atoms with Crippen LogP contribution in [0.4, 0.5) is 5.69 Å². The number of nitrogens with zero attached hydrogens (tertiary/aromatic N) is 1. The van der Waals surface area contributed by atoms with Crippen molar-refractivity contribution in [1.82, 2.24) is 9.97 Å². The van der Waals surface area contributed by atoms with Crippen molar-refractivity contribution < 1.29 is 13.2 Å². The van der Waals surface area contributed by atoms with Crippen molar-refractivity contribution in [2.24, 2.45) is 0 Å². The number of sulfone groups is 1. The minimum absolute atomic E-state index is 0.537. The van der Waals surface area contributed by atoms with Crippen molar-refractivity contribution in [1.29, 1.82) is 0 Å². The van der Waals surface area contributed by atoms with Gasteiger partial charge in [-0.2, -0.15) is 0 Å². The number of anilines is 1. The molecule has 0 saturated carbocycles. The van der Waals surface area contributed by atoms with E-state index in [4.69, 9.17) is 0 Å². The van der Waals surface area contributed by atoms with E-state index in [1.165, 1.54) is 6.92 Å². The minimum Gasteiger partial charge on any atom is -0.338 e. The molecule has 3 rings (SSSR count). The first-order valence-electron chi connectivity index (χ1n) is 7.39. The number of imidazole rings is 1. The molecule has 1 aromatic heterocycles. The van der Waals surface area contributed by atoms with Crippen molar-refractivity contribution in [2.45, 2.75) is 12.2 Å². The van der Waals surface area contributed by atoms with Crippen LogP contribution in [0.15, 0.2) is 48.5 Å². The molecule has 6 nitrogen and oxygen atoms in total. The van der Waals surface area contributed by atoms with Gasteiger partial charge in [0.15, 0.2) is 9.84 Å². The van der Waals surface area contributed by atoms with Crippen LogP contribution in [-0.2, 0) is 14.6 Å².